The van der Waals surface area contributed by atoms with Gasteiger partial charge in [-0.2, -0.15) is 5.10 Å². The number of amides is 1. The lowest BCUT2D eigenvalue weighted by Crippen LogP contribution is -2.48. The zero-order valence-corrected chi connectivity index (χ0v) is 19.9. The molecule has 5 rings (SSSR count). The molecule has 0 aromatic heterocycles. The van der Waals surface area contributed by atoms with E-state index in [-0.39, 0.29) is 10.8 Å². The molecule has 0 unspecified atom stereocenters. The van der Waals surface area contributed by atoms with Gasteiger partial charge >= 0.3 is 0 Å². The third-order valence-electron chi connectivity index (χ3n) is 6.74. The van der Waals surface area contributed by atoms with E-state index < -0.39 is 10.0 Å². The predicted octanol–water partition coefficient (Wildman–Crippen LogP) is 4.59. The average Bonchev–Trinajstić information content (AvgIpc) is 2.80. The van der Waals surface area contributed by atoms with Gasteiger partial charge in [-0.25, -0.2) is 13.8 Å². The Morgan fingerprint density at radius 3 is 2.45 bits per heavy atom. The number of carbonyl (C=O) groups is 1. The van der Waals surface area contributed by atoms with Gasteiger partial charge in [0.25, 0.3) is 15.9 Å². The Kier molecular flexibility index (Phi) is 6.30. The Morgan fingerprint density at radius 2 is 1.85 bits per heavy atom. The van der Waals surface area contributed by atoms with Gasteiger partial charge in [-0.3, -0.25) is 9.52 Å². The molecule has 174 valence electrons. The quantitative estimate of drug-likeness (QED) is 0.438. The fourth-order valence-corrected chi connectivity index (χ4v) is 5.62. The number of ether oxygens (including phenoxy) is 1. The molecule has 0 spiro atoms. The number of anilines is 1. The average molecular weight is 468 g/mol. The van der Waals surface area contributed by atoms with Crippen molar-refractivity contribution in [3.63, 3.8) is 0 Å². The van der Waals surface area contributed by atoms with Crippen molar-refractivity contribution < 1.29 is 17.9 Å². The van der Waals surface area contributed by atoms with E-state index in [0.29, 0.717) is 34.9 Å². The first-order valence-corrected chi connectivity index (χ1v) is 12.6. The molecular weight excluding hydrogens is 438 g/mol. The summed E-state index contributed by atoms with van der Waals surface area (Å²) in [6.07, 6.45) is 6.21. The normalized spacial score (nSPS) is 21.1. The summed E-state index contributed by atoms with van der Waals surface area (Å²) < 4.78 is 33.1. The van der Waals surface area contributed by atoms with E-state index in [1.54, 1.807) is 42.6 Å². The highest BCUT2D eigenvalue weighted by atomic mass is 32.2. The maximum Gasteiger partial charge on any atom is 0.271 e. The number of carbonyl (C=O) groups excluding carboxylic acids is 1. The molecule has 2 aromatic rings. The Labute approximate surface area is 195 Å². The van der Waals surface area contributed by atoms with Crippen molar-refractivity contribution in [2.45, 2.75) is 38.5 Å². The number of hydrogen-bond acceptors (Lipinski definition) is 5. The highest BCUT2D eigenvalue weighted by molar-refractivity contribution is 7.92. The van der Waals surface area contributed by atoms with Crippen molar-refractivity contribution >= 4 is 27.8 Å². The summed E-state index contributed by atoms with van der Waals surface area (Å²) in [5, 5.41) is 4.14. The van der Waals surface area contributed by atoms with Crippen molar-refractivity contribution in [2.75, 3.05) is 11.3 Å². The molecule has 0 saturated heterocycles. The minimum atomic E-state index is -3.75. The molecule has 1 amide bonds. The first-order valence-electron chi connectivity index (χ1n) is 11.1. The minimum absolute atomic E-state index is 0.125. The van der Waals surface area contributed by atoms with Crippen LogP contribution in [0.3, 0.4) is 0 Å². The van der Waals surface area contributed by atoms with Crippen LogP contribution >= 0.6 is 0 Å². The Morgan fingerprint density at radius 1 is 1.15 bits per heavy atom. The first kappa shape index (κ1) is 23.0. The fraction of sp³-hybridized carbons (Fsp3) is 0.360. The summed E-state index contributed by atoms with van der Waals surface area (Å²) in [5.41, 5.74) is 4.79. The van der Waals surface area contributed by atoms with E-state index in [2.05, 4.69) is 35.2 Å². The van der Waals surface area contributed by atoms with Gasteiger partial charge in [-0.1, -0.05) is 19.9 Å². The molecule has 7 nitrogen and oxygen atoms in total. The van der Waals surface area contributed by atoms with Crippen molar-refractivity contribution in [1.82, 2.24) is 5.43 Å². The van der Waals surface area contributed by atoms with Gasteiger partial charge in [-0.15, -0.1) is 0 Å². The number of hydrogen-bond donors (Lipinski definition) is 2. The molecule has 3 aliphatic rings. The van der Waals surface area contributed by atoms with Crippen molar-refractivity contribution in [1.29, 1.82) is 0 Å². The van der Waals surface area contributed by atoms with Crippen molar-refractivity contribution in [3.05, 3.63) is 65.7 Å². The molecule has 2 bridgehead atoms. The molecule has 1 fully saturated rings. The second-order valence-corrected chi connectivity index (χ2v) is 10.7. The smallest absolute Gasteiger partial charge is 0.271 e. The topological polar surface area (TPSA) is 96.9 Å². The van der Waals surface area contributed by atoms with E-state index in [1.807, 2.05) is 6.92 Å². The summed E-state index contributed by atoms with van der Waals surface area (Å²) in [5.74, 6) is 1.50. The Balaban J connectivity index is 1.35. The standard InChI is InChI=1S/C25H29N3O4S/c1-4-32-21-11-13-22(14-12-21)33(30,31)28-20-9-6-17(7-10-20)24(29)27-26-16-18-5-8-19-15-23(18)25(19,2)3/h5-7,9-14,16,19,23,28H,4,8,15H2,1-3H3,(H,27,29)/b26-16-/t19-,23+/m0/s1. The third-order valence-corrected chi connectivity index (χ3v) is 8.13. The van der Waals surface area contributed by atoms with Crippen LogP contribution in [0.5, 0.6) is 5.75 Å². The molecule has 33 heavy (non-hydrogen) atoms. The molecule has 0 heterocycles. The molecule has 8 heteroatoms. The van der Waals surface area contributed by atoms with Gasteiger partial charge in [0.05, 0.1) is 17.7 Å². The van der Waals surface area contributed by atoms with Crippen LogP contribution in [0, 0.1) is 17.3 Å². The maximum absolute atomic E-state index is 12.6. The second-order valence-electron chi connectivity index (χ2n) is 9.03. The number of fused-ring (bicyclic) bond motifs is 1. The highest BCUT2D eigenvalue weighted by Crippen LogP contribution is 2.58. The lowest BCUT2D eigenvalue weighted by Gasteiger charge is -2.55. The fourth-order valence-electron chi connectivity index (χ4n) is 4.56. The molecular formula is C25H29N3O4S. The highest BCUT2D eigenvalue weighted by Gasteiger charge is 2.50. The van der Waals surface area contributed by atoms with E-state index in [9.17, 15) is 13.2 Å². The van der Waals surface area contributed by atoms with E-state index in [0.717, 1.165) is 12.3 Å². The van der Waals surface area contributed by atoms with Gasteiger partial charge in [0.1, 0.15) is 5.75 Å². The lowest BCUT2D eigenvalue weighted by molar-refractivity contribution is -0.00126. The lowest BCUT2D eigenvalue weighted by atomic mass is 9.49. The van der Waals surface area contributed by atoms with Crippen LogP contribution in [0.2, 0.25) is 0 Å². The molecule has 3 aliphatic carbocycles. The van der Waals surface area contributed by atoms with Crippen LogP contribution < -0.4 is 14.9 Å². The summed E-state index contributed by atoms with van der Waals surface area (Å²) in [4.78, 5) is 12.5. The monoisotopic (exact) mass is 467 g/mol. The van der Waals surface area contributed by atoms with Gasteiger partial charge in [-0.05, 0) is 91.1 Å². The second kappa shape index (κ2) is 9.02. The number of nitrogens with one attached hydrogen (secondary N) is 2. The zero-order valence-electron chi connectivity index (χ0n) is 19.0. The largest absolute Gasteiger partial charge is 0.494 e. The van der Waals surface area contributed by atoms with Crippen molar-refractivity contribution in [2.24, 2.45) is 22.4 Å². The minimum Gasteiger partial charge on any atom is -0.494 e. The van der Waals surface area contributed by atoms with Crippen LogP contribution in [0.4, 0.5) is 5.69 Å². The number of nitrogens with zero attached hydrogens (tertiary/aromatic N) is 1. The SMILES string of the molecule is CCOc1ccc(S(=O)(=O)Nc2ccc(C(=O)N/N=C\C3=CC[C@H]4C[C@H]3C4(C)C)cc2)cc1. The van der Waals surface area contributed by atoms with Crippen LogP contribution in [0.1, 0.15) is 44.0 Å². The molecule has 0 aliphatic heterocycles. The Bertz CT molecular complexity index is 1180. The van der Waals surface area contributed by atoms with E-state index >= 15 is 0 Å². The van der Waals surface area contributed by atoms with Gasteiger partial charge in [0.2, 0.25) is 0 Å². The molecule has 2 aromatic carbocycles. The summed E-state index contributed by atoms with van der Waals surface area (Å²) in [6.45, 7) is 6.94. The summed E-state index contributed by atoms with van der Waals surface area (Å²) >= 11 is 0. The number of allylic oxidation sites excluding steroid dienone is 2. The Hall–Kier alpha value is -3.13. The van der Waals surface area contributed by atoms with E-state index in [4.69, 9.17) is 4.74 Å². The number of benzene rings is 2. The maximum atomic E-state index is 12.6. The summed E-state index contributed by atoms with van der Waals surface area (Å²) in [6, 6.07) is 12.4. The van der Waals surface area contributed by atoms with E-state index in [1.165, 1.54) is 24.1 Å². The van der Waals surface area contributed by atoms with Crippen LogP contribution in [-0.4, -0.2) is 27.1 Å². The number of hydrazone groups is 1. The number of sulfonamides is 1. The van der Waals surface area contributed by atoms with Gasteiger partial charge < -0.3 is 4.74 Å². The predicted molar refractivity (Wildman–Crippen MR) is 129 cm³/mol. The first-order chi connectivity index (χ1) is 15.7. The molecule has 2 N–H and O–H groups in total. The van der Waals surface area contributed by atoms with Crippen LogP contribution in [0.15, 0.2) is 70.2 Å². The zero-order chi connectivity index (χ0) is 23.6. The molecule has 2 atom stereocenters. The van der Waals surface area contributed by atoms with Gasteiger partial charge in [0.15, 0.2) is 0 Å². The molecule has 1 saturated carbocycles. The number of rotatable bonds is 8. The van der Waals surface area contributed by atoms with Crippen LogP contribution in [-0.2, 0) is 10.0 Å². The van der Waals surface area contributed by atoms with Gasteiger partial charge in [0, 0.05) is 11.3 Å². The van der Waals surface area contributed by atoms with Crippen LogP contribution in [0.25, 0.3) is 0 Å². The molecule has 0 radical (unpaired) electrons. The summed E-state index contributed by atoms with van der Waals surface area (Å²) in [7, 11) is -3.75. The van der Waals surface area contributed by atoms with Crippen molar-refractivity contribution in [3.8, 4) is 5.75 Å². The third kappa shape index (κ3) is 4.80.